The molecule has 0 radical (unpaired) electrons. The molecule has 5 nitrogen and oxygen atoms in total. The lowest BCUT2D eigenvalue weighted by Crippen LogP contribution is -2.43. The van der Waals surface area contributed by atoms with Crippen LogP contribution in [0.3, 0.4) is 0 Å². The monoisotopic (exact) mass is 408 g/mol. The quantitative estimate of drug-likeness (QED) is 0.676. The van der Waals surface area contributed by atoms with Crippen molar-refractivity contribution >= 4 is 11.7 Å². The molecule has 2 aromatic rings. The Hall–Kier alpha value is -2.50. The molecule has 0 bridgehead atoms. The number of carbonyl (C=O) groups excluding carboxylic acids is 2. The fraction of sp³-hybridized carbons (Fsp3) is 0.440. The second-order valence-corrected chi connectivity index (χ2v) is 8.17. The molecule has 30 heavy (non-hydrogen) atoms. The van der Waals surface area contributed by atoms with Gasteiger partial charge in [-0.15, -0.1) is 0 Å². The minimum absolute atomic E-state index is 0.00770. The van der Waals surface area contributed by atoms with E-state index in [1.54, 1.807) is 0 Å². The van der Waals surface area contributed by atoms with Crippen molar-refractivity contribution < 1.29 is 14.3 Å². The highest BCUT2D eigenvalue weighted by atomic mass is 16.5. The first kappa shape index (κ1) is 22.2. The molecule has 1 unspecified atom stereocenters. The van der Waals surface area contributed by atoms with Crippen LogP contribution in [0, 0.1) is 20.8 Å². The number of hydrogen-bond donors (Lipinski definition) is 1. The maximum Gasteiger partial charge on any atom is 0.220 e. The second-order valence-electron chi connectivity index (χ2n) is 8.17. The average Bonchev–Trinajstić information content (AvgIpc) is 2.75. The van der Waals surface area contributed by atoms with Crippen LogP contribution in [0.15, 0.2) is 42.5 Å². The maximum atomic E-state index is 12.7. The highest BCUT2D eigenvalue weighted by Gasteiger charge is 2.20. The van der Waals surface area contributed by atoms with Crippen LogP contribution in [0.25, 0.3) is 0 Å². The van der Waals surface area contributed by atoms with Gasteiger partial charge in [0.05, 0.1) is 19.3 Å². The lowest BCUT2D eigenvalue weighted by molar-refractivity contribution is -0.122. The van der Waals surface area contributed by atoms with Crippen LogP contribution in [-0.2, 0) is 9.53 Å². The summed E-state index contributed by atoms with van der Waals surface area (Å²) in [6, 6.07) is 13.9. The van der Waals surface area contributed by atoms with Crippen LogP contribution in [-0.4, -0.2) is 49.4 Å². The number of benzene rings is 2. The van der Waals surface area contributed by atoms with E-state index in [0.717, 1.165) is 49.5 Å². The summed E-state index contributed by atoms with van der Waals surface area (Å²) in [5.74, 6) is -0.0840. The van der Waals surface area contributed by atoms with Crippen LogP contribution < -0.4 is 5.32 Å². The topological polar surface area (TPSA) is 58.6 Å². The first-order valence-electron chi connectivity index (χ1n) is 10.7. The van der Waals surface area contributed by atoms with Crippen LogP contribution in [0.4, 0.5) is 0 Å². The lowest BCUT2D eigenvalue weighted by atomic mass is 10.0. The van der Waals surface area contributed by atoms with E-state index in [2.05, 4.69) is 41.4 Å². The highest BCUT2D eigenvalue weighted by Crippen LogP contribution is 2.18. The van der Waals surface area contributed by atoms with Crippen LogP contribution in [0.5, 0.6) is 0 Å². The van der Waals surface area contributed by atoms with Crippen molar-refractivity contribution in [2.45, 2.75) is 39.7 Å². The SMILES string of the molecule is Cc1ccc(C(CN2CCOCC2)NC(=O)CCC(=O)c2ccc(C)c(C)c2)cc1. The zero-order valence-electron chi connectivity index (χ0n) is 18.2. The fourth-order valence-electron chi connectivity index (χ4n) is 3.63. The molecule has 1 amide bonds. The molecule has 1 aliphatic heterocycles. The Bertz CT molecular complexity index is 870. The van der Waals surface area contributed by atoms with E-state index in [9.17, 15) is 9.59 Å². The summed E-state index contributed by atoms with van der Waals surface area (Å²) < 4.78 is 5.44. The van der Waals surface area contributed by atoms with Gasteiger partial charge in [-0.3, -0.25) is 14.5 Å². The van der Waals surface area contributed by atoms with Gasteiger partial charge in [0.1, 0.15) is 0 Å². The standard InChI is InChI=1S/C25H32N2O3/c1-18-4-7-21(8-5-18)23(17-27-12-14-30-15-13-27)26-25(29)11-10-24(28)22-9-6-19(2)20(3)16-22/h4-9,16,23H,10-15,17H2,1-3H3,(H,26,29). The largest absolute Gasteiger partial charge is 0.379 e. The summed E-state index contributed by atoms with van der Waals surface area (Å²) in [7, 11) is 0. The normalized spacial score (nSPS) is 15.6. The number of ketones is 1. The second kappa shape index (κ2) is 10.5. The van der Waals surface area contributed by atoms with Gasteiger partial charge in [-0.1, -0.05) is 42.0 Å². The Kier molecular flexibility index (Phi) is 7.77. The Labute approximate surface area is 179 Å². The number of morpholine rings is 1. The molecule has 5 heteroatoms. The number of aryl methyl sites for hydroxylation is 3. The van der Waals surface area contributed by atoms with Crippen molar-refractivity contribution in [2.75, 3.05) is 32.8 Å². The predicted octanol–water partition coefficient (Wildman–Crippen LogP) is 3.76. The molecular weight excluding hydrogens is 376 g/mol. The summed E-state index contributed by atoms with van der Waals surface area (Å²) in [4.78, 5) is 27.5. The average molecular weight is 409 g/mol. The number of hydrogen-bond acceptors (Lipinski definition) is 4. The smallest absolute Gasteiger partial charge is 0.220 e. The molecule has 3 rings (SSSR count). The Morgan fingerprint density at radius 3 is 2.33 bits per heavy atom. The van der Waals surface area contributed by atoms with Gasteiger partial charge in [0.15, 0.2) is 5.78 Å². The summed E-state index contributed by atoms with van der Waals surface area (Å²) in [5, 5.41) is 3.15. The van der Waals surface area contributed by atoms with Crippen molar-refractivity contribution in [3.63, 3.8) is 0 Å². The van der Waals surface area contributed by atoms with E-state index in [-0.39, 0.29) is 30.6 Å². The Balaban J connectivity index is 1.61. The summed E-state index contributed by atoms with van der Waals surface area (Å²) in [6.45, 7) is 9.99. The molecule has 0 aliphatic carbocycles. The van der Waals surface area contributed by atoms with E-state index >= 15 is 0 Å². The summed E-state index contributed by atoms with van der Waals surface area (Å²) >= 11 is 0. The minimum Gasteiger partial charge on any atom is -0.379 e. The van der Waals surface area contributed by atoms with Crippen LogP contribution in [0.2, 0.25) is 0 Å². The van der Waals surface area contributed by atoms with Gasteiger partial charge >= 0.3 is 0 Å². The Morgan fingerprint density at radius 2 is 1.67 bits per heavy atom. The van der Waals surface area contributed by atoms with E-state index in [1.165, 1.54) is 5.56 Å². The lowest BCUT2D eigenvalue weighted by Gasteiger charge is -2.31. The van der Waals surface area contributed by atoms with Gasteiger partial charge < -0.3 is 10.1 Å². The van der Waals surface area contributed by atoms with Gasteiger partial charge in [-0.25, -0.2) is 0 Å². The number of nitrogens with one attached hydrogen (secondary N) is 1. The number of carbonyl (C=O) groups is 2. The van der Waals surface area contributed by atoms with E-state index in [4.69, 9.17) is 4.74 Å². The number of nitrogens with zero attached hydrogens (tertiary/aromatic N) is 1. The first-order valence-corrected chi connectivity index (χ1v) is 10.7. The van der Waals surface area contributed by atoms with E-state index in [0.29, 0.717) is 5.56 Å². The zero-order valence-corrected chi connectivity index (χ0v) is 18.2. The van der Waals surface area contributed by atoms with Gasteiger partial charge in [0.2, 0.25) is 5.91 Å². The highest BCUT2D eigenvalue weighted by molar-refractivity contribution is 5.98. The molecule has 1 heterocycles. The molecule has 0 aromatic heterocycles. The number of ether oxygens (including phenoxy) is 1. The van der Waals surface area contributed by atoms with E-state index < -0.39 is 0 Å². The fourth-order valence-corrected chi connectivity index (χ4v) is 3.63. The zero-order chi connectivity index (χ0) is 21.5. The third-order valence-electron chi connectivity index (χ3n) is 5.77. The first-order chi connectivity index (χ1) is 14.4. The third-order valence-corrected chi connectivity index (χ3v) is 5.77. The number of Topliss-reactive ketones (excluding diaryl/α,β-unsaturated/α-hetero) is 1. The molecule has 1 atom stereocenters. The molecular formula is C25H32N2O3. The number of amides is 1. The molecule has 0 spiro atoms. The van der Waals surface area contributed by atoms with E-state index in [1.807, 2.05) is 32.0 Å². The van der Waals surface area contributed by atoms with Crippen LogP contribution in [0.1, 0.15) is 51.5 Å². The van der Waals surface area contributed by atoms with Gasteiger partial charge in [-0.05, 0) is 43.5 Å². The number of rotatable bonds is 8. The third kappa shape index (κ3) is 6.25. The molecule has 160 valence electrons. The molecule has 1 aliphatic rings. The van der Waals surface area contributed by atoms with Crippen molar-refractivity contribution in [3.05, 3.63) is 70.3 Å². The molecule has 0 saturated carbocycles. The van der Waals surface area contributed by atoms with Gasteiger partial charge in [0, 0.05) is 38.0 Å². The predicted molar refractivity (Wildman–Crippen MR) is 119 cm³/mol. The molecule has 1 fully saturated rings. The van der Waals surface area contributed by atoms with Crippen molar-refractivity contribution in [1.29, 1.82) is 0 Å². The van der Waals surface area contributed by atoms with Crippen molar-refractivity contribution in [3.8, 4) is 0 Å². The van der Waals surface area contributed by atoms with Gasteiger partial charge in [-0.2, -0.15) is 0 Å². The molecule has 1 N–H and O–H groups in total. The summed E-state index contributed by atoms with van der Waals surface area (Å²) in [6.07, 6.45) is 0.406. The molecule has 1 saturated heterocycles. The summed E-state index contributed by atoms with van der Waals surface area (Å²) in [5.41, 5.74) is 5.20. The maximum absolute atomic E-state index is 12.7. The van der Waals surface area contributed by atoms with Crippen molar-refractivity contribution in [1.82, 2.24) is 10.2 Å². The van der Waals surface area contributed by atoms with Gasteiger partial charge in [0.25, 0.3) is 0 Å². The minimum atomic E-state index is -0.104. The molecule has 2 aromatic carbocycles. The Morgan fingerprint density at radius 1 is 0.967 bits per heavy atom. The van der Waals surface area contributed by atoms with Crippen LogP contribution >= 0.6 is 0 Å². The van der Waals surface area contributed by atoms with Crippen molar-refractivity contribution in [2.24, 2.45) is 0 Å².